The van der Waals surface area contributed by atoms with E-state index in [4.69, 9.17) is 4.84 Å². The highest BCUT2D eigenvalue weighted by Crippen LogP contribution is 2.25. The topological polar surface area (TPSA) is 114 Å². The van der Waals surface area contributed by atoms with Crippen LogP contribution < -0.4 is 16.1 Å². The van der Waals surface area contributed by atoms with Crippen molar-refractivity contribution in [1.82, 2.24) is 25.7 Å². The van der Waals surface area contributed by atoms with Crippen LogP contribution in [0.5, 0.6) is 0 Å². The van der Waals surface area contributed by atoms with Crippen LogP contribution in [0.15, 0.2) is 97.5 Å². The molecule has 3 aromatic carbocycles. The van der Waals surface area contributed by atoms with E-state index in [1.807, 2.05) is 72.8 Å². The summed E-state index contributed by atoms with van der Waals surface area (Å²) in [6.45, 7) is 0.781. The zero-order valence-electron chi connectivity index (χ0n) is 22.7. The van der Waals surface area contributed by atoms with Crippen molar-refractivity contribution in [3.05, 3.63) is 103 Å². The van der Waals surface area contributed by atoms with E-state index in [9.17, 15) is 14.4 Å². The molecule has 1 saturated heterocycles. The van der Waals surface area contributed by atoms with Gasteiger partial charge in [-0.1, -0.05) is 84.9 Å². The molecule has 4 aromatic rings. The molecule has 1 aromatic heterocycles. The third-order valence-electron chi connectivity index (χ3n) is 7.05. The van der Waals surface area contributed by atoms with Crippen molar-refractivity contribution in [2.75, 3.05) is 6.54 Å². The fraction of sp³-hybridized carbons (Fsp3) is 0.250. The Kier molecular flexibility index (Phi) is 9.18. The molecule has 9 heteroatoms. The van der Waals surface area contributed by atoms with Gasteiger partial charge < -0.3 is 15.2 Å². The number of imidazole rings is 1. The van der Waals surface area contributed by atoms with Crippen LogP contribution >= 0.6 is 0 Å². The van der Waals surface area contributed by atoms with Crippen molar-refractivity contribution in [2.24, 2.45) is 0 Å². The normalized spacial score (nSPS) is 15.8. The average molecular weight is 552 g/mol. The molecule has 2 unspecified atom stereocenters. The smallest absolute Gasteiger partial charge is 0.246 e. The molecule has 1 fully saturated rings. The monoisotopic (exact) mass is 551 g/mol. The third kappa shape index (κ3) is 7.46. The van der Waals surface area contributed by atoms with Gasteiger partial charge in [0.15, 0.2) is 0 Å². The molecule has 41 heavy (non-hydrogen) atoms. The Labute approximate surface area is 238 Å². The summed E-state index contributed by atoms with van der Waals surface area (Å²) >= 11 is 0. The SMILES string of the molecule is O=C(CC(C(=O)NC1CCCCNC1=O)n1cnc(-c2ccc(-c3ccccc3)cc2)c1)NOCc1ccccc1. The Balaban J connectivity index is 1.31. The van der Waals surface area contributed by atoms with Crippen molar-refractivity contribution in [1.29, 1.82) is 0 Å². The minimum absolute atomic E-state index is 0.194. The number of carbonyl (C=O) groups is 3. The molecular weight excluding hydrogens is 518 g/mol. The zero-order chi connectivity index (χ0) is 28.4. The number of rotatable bonds is 10. The van der Waals surface area contributed by atoms with Crippen LogP contribution in [0.25, 0.3) is 22.4 Å². The molecule has 210 valence electrons. The first kappa shape index (κ1) is 27.8. The van der Waals surface area contributed by atoms with Gasteiger partial charge in [-0.25, -0.2) is 10.5 Å². The highest BCUT2D eigenvalue weighted by molar-refractivity contribution is 5.91. The first-order valence-electron chi connectivity index (χ1n) is 13.8. The van der Waals surface area contributed by atoms with Crippen molar-refractivity contribution in [3.8, 4) is 22.4 Å². The van der Waals surface area contributed by atoms with E-state index in [1.165, 1.54) is 6.33 Å². The summed E-state index contributed by atoms with van der Waals surface area (Å²) in [7, 11) is 0. The summed E-state index contributed by atoms with van der Waals surface area (Å²) in [4.78, 5) is 48.7. The molecule has 0 spiro atoms. The second-order valence-electron chi connectivity index (χ2n) is 10.0. The molecule has 0 aliphatic carbocycles. The van der Waals surface area contributed by atoms with Gasteiger partial charge in [0.1, 0.15) is 12.1 Å². The lowest BCUT2D eigenvalue weighted by Crippen LogP contribution is -2.48. The Bertz CT molecular complexity index is 1450. The van der Waals surface area contributed by atoms with Gasteiger partial charge in [0.05, 0.1) is 25.0 Å². The number of nitrogens with zero attached hydrogens (tertiary/aromatic N) is 2. The van der Waals surface area contributed by atoms with Crippen LogP contribution in [0.4, 0.5) is 0 Å². The molecule has 3 amide bonds. The maximum atomic E-state index is 13.5. The van der Waals surface area contributed by atoms with Gasteiger partial charge in [0, 0.05) is 18.3 Å². The van der Waals surface area contributed by atoms with Crippen LogP contribution in [0.2, 0.25) is 0 Å². The number of hydrogen-bond acceptors (Lipinski definition) is 5. The summed E-state index contributed by atoms with van der Waals surface area (Å²) in [6, 6.07) is 25.9. The van der Waals surface area contributed by atoms with Crippen LogP contribution in [0.3, 0.4) is 0 Å². The first-order chi connectivity index (χ1) is 20.1. The van der Waals surface area contributed by atoms with E-state index in [-0.39, 0.29) is 18.9 Å². The summed E-state index contributed by atoms with van der Waals surface area (Å²) in [6.07, 6.45) is 5.30. The van der Waals surface area contributed by atoms with E-state index in [2.05, 4.69) is 33.2 Å². The third-order valence-corrected chi connectivity index (χ3v) is 7.05. The molecule has 1 aliphatic heterocycles. The van der Waals surface area contributed by atoms with E-state index in [0.717, 1.165) is 35.1 Å². The lowest BCUT2D eigenvalue weighted by atomic mass is 10.0. The standard InChI is InChI=1S/C32H33N5O4/c38-30(36-41-21-23-9-3-1-4-10-23)19-29(32(40)35-27-13-7-8-18-33-31(27)39)37-20-28(34-22-37)26-16-14-25(15-17-26)24-11-5-2-6-12-24/h1-6,9-12,14-17,20,22,27,29H,7-8,13,18-19,21H2,(H,33,39)(H,35,40)(H,36,38). The summed E-state index contributed by atoms with van der Waals surface area (Å²) in [5.74, 6) is -1.11. The fourth-order valence-corrected chi connectivity index (χ4v) is 4.79. The van der Waals surface area contributed by atoms with Crippen LogP contribution in [0.1, 0.15) is 37.3 Å². The van der Waals surface area contributed by atoms with Gasteiger partial charge in [0.25, 0.3) is 0 Å². The molecule has 5 rings (SSSR count). The molecule has 2 heterocycles. The van der Waals surface area contributed by atoms with Crippen molar-refractivity contribution >= 4 is 17.7 Å². The second kappa shape index (κ2) is 13.5. The summed E-state index contributed by atoms with van der Waals surface area (Å²) < 4.78 is 1.61. The Morgan fingerprint density at radius 1 is 0.927 bits per heavy atom. The first-order valence-corrected chi connectivity index (χ1v) is 13.8. The fourth-order valence-electron chi connectivity index (χ4n) is 4.79. The van der Waals surface area contributed by atoms with Crippen LogP contribution in [-0.4, -0.2) is 39.9 Å². The van der Waals surface area contributed by atoms with Crippen molar-refractivity contribution in [3.63, 3.8) is 0 Å². The van der Waals surface area contributed by atoms with Gasteiger partial charge in [-0.3, -0.25) is 19.2 Å². The van der Waals surface area contributed by atoms with E-state index in [0.29, 0.717) is 18.7 Å². The molecule has 0 radical (unpaired) electrons. The highest BCUT2D eigenvalue weighted by Gasteiger charge is 2.29. The van der Waals surface area contributed by atoms with Crippen LogP contribution in [0, 0.1) is 0 Å². The Morgan fingerprint density at radius 3 is 2.37 bits per heavy atom. The van der Waals surface area contributed by atoms with E-state index in [1.54, 1.807) is 10.8 Å². The predicted octanol–water partition coefficient (Wildman–Crippen LogP) is 4.18. The number of aromatic nitrogens is 2. The van der Waals surface area contributed by atoms with E-state index >= 15 is 0 Å². The van der Waals surface area contributed by atoms with Gasteiger partial charge in [-0.05, 0) is 36.0 Å². The molecule has 0 bridgehead atoms. The van der Waals surface area contributed by atoms with Crippen molar-refractivity contribution in [2.45, 2.75) is 44.4 Å². The molecule has 1 aliphatic rings. The van der Waals surface area contributed by atoms with Gasteiger partial charge >= 0.3 is 0 Å². The quantitative estimate of drug-likeness (QED) is 0.256. The minimum atomic E-state index is -0.934. The largest absolute Gasteiger partial charge is 0.354 e. The lowest BCUT2D eigenvalue weighted by molar-refractivity contribution is -0.139. The predicted molar refractivity (Wildman–Crippen MR) is 155 cm³/mol. The number of amides is 3. The number of benzene rings is 3. The number of carbonyl (C=O) groups excluding carboxylic acids is 3. The van der Waals surface area contributed by atoms with Gasteiger partial charge in [-0.15, -0.1) is 0 Å². The average Bonchev–Trinajstić information content (AvgIpc) is 3.41. The maximum Gasteiger partial charge on any atom is 0.246 e. The summed E-state index contributed by atoms with van der Waals surface area (Å²) in [5, 5.41) is 5.68. The minimum Gasteiger partial charge on any atom is -0.354 e. The maximum absolute atomic E-state index is 13.5. The van der Waals surface area contributed by atoms with Gasteiger partial charge in [-0.2, -0.15) is 0 Å². The zero-order valence-corrected chi connectivity index (χ0v) is 22.7. The number of hydroxylamine groups is 1. The van der Waals surface area contributed by atoms with Crippen LogP contribution in [-0.2, 0) is 25.8 Å². The molecular formula is C32H33N5O4. The van der Waals surface area contributed by atoms with Crippen molar-refractivity contribution < 1.29 is 19.2 Å². The van der Waals surface area contributed by atoms with Gasteiger partial charge in [0.2, 0.25) is 17.7 Å². The molecule has 9 nitrogen and oxygen atoms in total. The number of hydrogen-bond donors (Lipinski definition) is 3. The second-order valence-corrected chi connectivity index (χ2v) is 10.0. The molecule has 3 N–H and O–H groups in total. The van der Waals surface area contributed by atoms with E-state index < -0.39 is 23.9 Å². The Morgan fingerprint density at radius 2 is 1.61 bits per heavy atom. The Hall–Kier alpha value is -4.76. The highest BCUT2D eigenvalue weighted by atomic mass is 16.6. The molecule has 0 saturated carbocycles. The lowest BCUT2D eigenvalue weighted by Gasteiger charge is -2.21. The summed E-state index contributed by atoms with van der Waals surface area (Å²) in [5.41, 5.74) is 7.08. The number of nitrogens with one attached hydrogen (secondary N) is 3. The molecule has 2 atom stereocenters.